The van der Waals surface area contributed by atoms with Gasteiger partial charge >= 0.3 is 71.5 Å². The third-order valence-electron chi connectivity index (χ3n) is 2.10. The summed E-state index contributed by atoms with van der Waals surface area (Å²) in [4.78, 5) is 11.3. The van der Waals surface area contributed by atoms with Crippen molar-refractivity contribution in [1.82, 2.24) is 8.02 Å². The van der Waals surface area contributed by atoms with Gasteiger partial charge in [-0.1, -0.05) is 3.71 Å². The van der Waals surface area contributed by atoms with Crippen LogP contribution in [0.3, 0.4) is 0 Å². The Hall–Kier alpha value is -0.913. The number of sulfonamides is 3. The molecule has 0 heterocycles. The van der Waals surface area contributed by atoms with Gasteiger partial charge < -0.3 is 0 Å². The maximum atomic E-state index is 12.4. The first kappa shape index (κ1) is 28.3. The van der Waals surface area contributed by atoms with Crippen LogP contribution in [-0.4, -0.2) is 81.7 Å². The number of carbonyl (C=O) groups excluding carboxylic acids is 1. The molecule has 0 aromatic carbocycles. The van der Waals surface area contributed by atoms with Crippen LogP contribution in [0.25, 0.3) is 0 Å². The Labute approximate surface area is 156 Å². The minimum atomic E-state index is -7.83. The number of carbonyl (C=O) groups is 1. The maximum absolute atomic E-state index is 12.4. The normalized spacial score (nSPS) is 14.3. The summed E-state index contributed by atoms with van der Waals surface area (Å²) < 4.78 is 171. The van der Waals surface area contributed by atoms with Crippen molar-refractivity contribution in [3.63, 3.8) is 0 Å². The van der Waals surface area contributed by atoms with Crippen molar-refractivity contribution in [2.75, 3.05) is 7.05 Å². The molecular weight excluding hydrogens is 474 g/mol. The van der Waals surface area contributed by atoms with Gasteiger partial charge in [0.1, 0.15) is 0 Å². The third kappa shape index (κ3) is 4.93. The summed E-state index contributed by atoms with van der Waals surface area (Å²) >= 11 is 0. The van der Waals surface area contributed by atoms with Crippen molar-refractivity contribution >= 4 is 55.0 Å². The Balaban J connectivity index is 0. The van der Waals surface area contributed by atoms with E-state index in [1.54, 1.807) is 0 Å². The van der Waals surface area contributed by atoms with Crippen LogP contribution in [-0.2, 0) is 30.1 Å². The van der Waals surface area contributed by atoms with E-state index in [4.69, 9.17) is 0 Å². The van der Waals surface area contributed by atoms with Crippen LogP contribution < -0.4 is 0 Å². The molecule has 0 fully saturated rings. The first-order valence-corrected chi connectivity index (χ1v) is 9.28. The zero-order valence-electron chi connectivity index (χ0n) is 11.4. The van der Waals surface area contributed by atoms with E-state index in [9.17, 15) is 69.6 Å². The molecule has 0 N–H and O–H groups in total. The SMILES string of the molecule is CN(C(=O)N(S(=O)(=O)C(F)(F)F)S(=O)(=O)C(F)(F)F)S(=O)(=O)C(F)(F)F.[LiH]. The van der Waals surface area contributed by atoms with E-state index >= 15 is 0 Å². The van der Waals surface area contributed by atoms with Crippen molar-refractivity contribution < 1.29 is 69.6 Å². The fourth-order valence-electron chi connectivity index (χ4n) is 0.896. The van der Waals surface area contributed by atoms with Gasteiger partial charge in [-0.3, -0.25) is 0 Å². The number of hydrogen-bond acceptors (Lipinski definition) is 7. The van der Waals surface area contributed by atoms with E-state index in [-0.39, 0.29) is 18.9 Å². The molecule has 0 aliphatic carbocycles. The summed E-state index contributed by atoms with van der Waals surface area (Å²) in [5.74, 6) is 0. The van der Waals surface area contributed by atoms with Crippen LogP contribution in [0.4, 0.5) is 44.3 Å². The number of amides is 2. The molecule has 0 saturated carbocycles. The standard InChI is InChI=1S/C5H3F9N2O7S3.Li.H/c1-15(24(18,19)3(6,7)8)2(17)16(25(20,21)4(9,10)11)26(22,23)5(12,13)14;;/h1H3;;. The van der Waals surface area contributed by atoms with Crippen molar-refractivity contribution in [1.29, 1.82) is 0 Å². The van der Waals surface area contributed by atoms with Crippen LogP contribution >= 0.6 is 0 Å². The van der Waals surface area contributed by atoms with E-state index in [0.717, 1.165) is 0 Å². The van der Waals surface area contributed by atoms with Crippen molar-refractivity contribution in [2.24, 2.45) is 0 Å². The zero-order chi connectivity index (χ0) is 21.7. The summed E-state index contributed by atoms with van der Waals surface area (Å²) in [5, 5.41) is 0. The molecule has 0 atom stereocenters. The molecule has 0 unspecified atom stereocenters. The number of nitrogens with zero attached hydrogens (tertiary/aromatic N) is 2. The quantitative estimate of drug-likeness (QED) is 0.420. The molecule has 0 aliphatic heterocycles. The second kappa shape index (κ2) is 7.49. The number of urea groups is 1. The summed E-state index contributed by atoms with van der Waals surface area (Å²) in [5.41, 5.74) is -20.4. The van der Waals surface area contributed by atoms with E-state index in [2.05, 4.69) is 0 Å². The predicted molar refractivity (Wildman–Crippen MR) is 67.1 cm³/mol. The van der Waals surface area contributed by atoms with Gasteiger partial charge in [-0.2, -0.15) is 64.8 Å². The second-order valence-electron chi connectivity index (χ2n) is 3.80. The monoisotopic (exact) mass is 478 g/mol. The van der Waals surface area contributed by atoms with Crippen molar-refractivity contribution in [3.8, 4) is 0 Å². The van der Waals surface area contributed by atoms with Crippen LogP contribution in [0.1, 0.15) is 0 Å². The molecule has 0 aromatic rings. The number of alkyl halides is 9. The average Bonchev–Trinajstić information content (AvgIpc) is 2.32. The average molecular weight is 478 g/mol. The van der Waals surface area contributed by atoms with Crippen LogP contribution in [0.15, 0.2) is 0 Å². The molecule has 0 rings (SSSR count). The van der Waals surface area contributed by atoms with Gasteiger partial charge in [0, 0.05) is 7.05 Å². The first-order chi connectivity index (χ1) is 10.9. The first-order valence-electron chi connectivity index (χ1n) is 4.96. The summed E-state index contributed by atoms with van der Waals surface area (Å²) in [6, 6.07) is -3.82. The Morgan fingerprint density at radius 3 is 1.04 bits per heavy atom. The van der Waals surface area contributed by atoms with Gasteiger partial charge in [-0.15, -0.1) is 0 Å². The van der Waals surface area contributed by atoms with Crippen LogP contribution in [0.5, 0.6) is 0 Å². The Morgan fingerprint density at radius 1 is 0.630 bits per heavy atom. The molecule has 0 bridgehead atoms. The minimum absolute atomic E-state index is 0. The Morgan fingerprint density at radius 2 is 0.852 bits per heavy atom. The molecule has 27 heavy (non-hydrogen) atoms. The zero-order valence-corrected chi connectivity index (χ0v) is 13.8. The second-order valence-corrected chi connectivity index (χ2v) is 9.55. The van der Waals surface area contributed by atoms with Crippen LogP contribution in [0.2, 0.25) is 0 Å². The summed E-state index contributed by atoms with van der Waals surface area (Å²) in [6.07, 6.45) is 0. The van der Waals surface area contributed by atoms with Gasteiger partial charge in [0.2, 0.25) is 0 Å². The summed E-state index contributed by atoms with van der Waals surface area (Å²) in [7, 11) is -23.3. The molecule has 158 valence electrons. The van der Waals surface area contributed by atoms with E-state index in [0.29, 0.717) is 0 Å². The van der Waals surface area contributed by atoms with Crippen LogP contribution in [0, 0.1) is 0 Å². The summed E-state index contributed by atoms with van der Waals surface area (Å²) in [6.45, 7) is 0. The molecule has 0 spiro atoms. The molecule has 0 saturated heterocycles. The predicted octanol–water partition coefficient (Wildman–Crippen LogP) is 0.241. The molecule has 0 aromatic heterocycles. The molecular formula is C5H4F9LiN2O7S3. The van der Waals surface area contributed by atoms with Gasteiger partial charge in [0.15, 0.2) is 0 Å². The Kier molecular flexibility index (Phi) is 7.85. The van der Waals surface area contributed by atoms with Crippen molar-refractivity contribution in [2.45, 2.75) is 16.5 Å². The van der Waals surface area contributed by atoms with E-state index in [1.807, 2.05) is 0 Å². The van der Waals surface area contributed by atoms with Gasteiger partial charge in [0.05, 0.1) is 0 Å². The van der Waals surface area contributed by atoms with Gasteiger partial charge in [0.25, 0.3) is 0 Å². The van der Waals surface area contributed by atoms with E-state index < -0.39 is 67.7 Å². The third-order valence-corrected chi connectivity index (χ3v) is 7.10. The topological polar surface area (TPSA) is 126 Å². The molecule has 0 radical (unpaired) electrons. The molecule has 9 nitrogen and oxygen atoms in total. The van der Waals surface area contributed by atoms with Gasteiger partial charge in [-0.25, -0.2) is 9.10 Å². The van der Waals surface area contributed by atoms with Gasteiger partial charge in [-0.05, 0) is 0 Å². The number of hydrogen-bond donors (Lipinski definition) is 0. The number of halogens is 9. The molecule has 0 aliphatic rings. The van der Waals surface area contributed by atoms with Crippen molar-refractivity contribution in [3.05, 3.63) is 0 Å². The number of rotatable bonds is 3. The fourth-order valence-corrected chi connectivity index (χ4v) is 4.17. The van der Waals surface area contributed by atoms with E-state index in [1.165, 1.54) is 0 Å². The Bertz CT molecular complexity index is 842. The fraction of sp³-hybridized carbons (Fsp3) is 0.800. The molecule has 22 heteroatoms. The molecule has 2 amide bonds.